The van der Waals surface area contributed by atoms with Gasteiger partial charge < -0.3 is 10.2 Å². The van der Waals surface area contributed by atoms with Gasteiger partial charge in [0.15, 0.2) is 0 Å². The van der Waals surface area contributed by atoms with Crippen molar-refractivity contribution in [3.05, 3.63) is 35.1 Å². The highest BCUT2D eigenvalue weighted by Crippen LogP contribution is 2.10. The number of amides is 1. The van der Waals surface area contributed by atoms with Crippen molar-refractivity contribution in [3.8, 4) is 0 Å². The summed E-state index contributed by atoms with van der Waals surface area (Å²) in [5.41, 5.74) is 1.02. The Balaban J connectivity index is 2.76. The molecule has 0 heterocycles. The van der Waals surface area contributed by atoms with Gasteiger partial charge in [-0.1, -0.05) is 0 Å². The average Bonchev–Trinajstić information content (AvgIpc) is 2.28. The molecule has 0 saturated carbocycles. The summed E-state index contributed by atoms with van der Waals surface area (Å²) in [5.74, 6) is -0.368. The van der Waals surface area contributed by atoms with E-state index in [1.54, 1.807) is 24.9 Å². The van der Waals surface area contributed by atoms with Crippen LogP contribution in [0.4, 0.5) is 4.39 Å². The first-order valence-corrected chi connectivity index (χ1v) is 5.22. The Morgan fingerprint density at radius 1 is 1.50 bits per heavy atom. The SMILES string of the molecule is CNCCN(C)C(=O)c1ccc(F)c(C)c1. The van der Waals surface area contributed by atoms with Crippen LogP contribution in [-0.4, -0.2) is 38.0 Å². The highest BCUT2D eigenvalue weighted by molar-refractivity contribution is 5.94. The van der Waals surface area contributed by atoms with Crippen molar-refractivity contribution in [3.63, 3.8) is 0 Å². The molecule has 0 unspecified atom stereocenters. The number of hydrogen-bond donors (Lipinski definition) is 1. The van der Waals surface area contributed by atoms with E-state index in [0.29, 0.717) is 17.7 Å². The van der Waals surface area contributed by atoms with E-state index >= 15 is 0 Å². The lowest BCUT2D eigenvalue weighted by atomic mass is 10.1. The van der Waals surface area contributed by atoms with Gasteiger partial charge in [0.1, 0.15) is 5.82 Å². The smallest absolute Gasteiger partial charge is 0.253 e. The van der Waals surface area contributed by atoms with Crippen LogP contribution in [0.1, 0.15) is 15.9 Å². The van der Waals surface area contributed by atoms with E-state index in [1.807, 2.05) is 7.05 Å². The largest absolute Gasteiger partial charge is 0.340 e. The van der Waals surface area contributed by atoms with Gasteiger partial charge in [0.2, 0.25) is 0 Å². The zero-order chi connectivity index (χ0) is 12.1. The number of carbonyl (C=O) groups excluding carboxylic acids is 1. The molecule has 0 aliphatic rings. The molecule has 1 amide bonds. The lowest BCUT2D eigenvalue weighted by Crippen LogP contribution is -2.32. The summed E-state index contributed by atoms with van der Waals surface area (Å²) in [6.45, 7) is 3.02. The average molecular weight is 224 g/mol. The molecule has 1 rings (SSSR count). The molecule has 3 nitrogen and oxygen atoms in total. The van der Waals surface area contributed by atoms with Gasteiger partial charge in [0.05, 0.1) is 0 Å². The number of rotatable bonds is 4. The van der Waals surface area contributed by atoms with Gasteiger partial charge in [0.25, 0.3) is 5.91 Å². The molecule has 0 aliphatic heterocycles. The van der Waals surface area contributed by atoms with Gasteiger partial charge in [-0.3, -0.25) is 4.79 Å². The summed E-state index contributed by atoms with van der Waals surface area (Å²) in [7, 11) is 3.57. The van der Waals surface area contributed by atoms with Crippen LogP contribution in [0.2, 0.25) is 0 Å². The highest BCUT2D eigenvalue weighted by Gasteiger charge is 2.11. The Bertz CT molecular complexity index is 379. The molecule has 0 spiro atoms. The first-order valence-electron chi connectivity index (χ1n) is 5.22. The number of benzene rings is 1. The number of aryl methyl sites for hydroxylation is 1. The fourth-order valence-corrected chi connectivity index (χ4v) is 1.38. The second kappa shape index (κ2) is 5.61. The minimum atomic E-state index is -0.283. The molecule has 16 heavy (non-hydrogen) atoms. The molecule has 0 saturated heterocycles. The van der Waals surface area contributed by atoms with E-state index in [1.165, 1.54) is 12.1 Å². The summed E-state index contributed by atoms with van der Waals surface area (Å²) in [5, 5.41) is 2.97. The van der Waals surface area contributed by atoms with Crippen molar-refractivity contribution in [2.75, 3.05) is 27.2 Å². The fraction of sp³-hybridized carbons (Fsp3) is 0.417. The van der Waals surface area contributed by atoms with Gasteiger partial charge in [-0.15, -0.1) is 0 Å². The molecule has 0 aromatic heterocycles. The van der Waals surface area contributed by atoms with E-state index in [9.17, 15) is 9.18 Å². The van der Waals surface area contributed by atoms with Crippen LogP contribution in [-0.2, 0) is 0 Å². The standard InChI is InChI=1S/C12H17FN2O/c1-9-8-10(4-5-11(9)13)12(16)15(3)7-6-14-2/h4-5,8,14H,6-7H2,1-3H3. The molecule has 0 atom stereocenters. The van der Waals surface area contributed by atoms with Crippen molar-refractivity contribution in [2.45, 2.75) is 6.92 Å². The molecular formula is C12H17FN2O. The quantitative estimate of drug-likeness (QED) is 0.839. The molecule has 0 fully saturated rings. The normalized spacial score (nSPS) is 10.2. The zero-order valence-corrected chi connectivity index (χ0v) is 9.88. The minimum Gasteiger partial charge on any atom is -0.340 e. The Morgan fingerprint density at radius 3 is 2.75 bits per heavy atom. The number of halogens is 1. The topological polar surface area (TPSA) is 32.3 Å². The second-order valence-electron chi connectivity index (χ2n) is 3.79. The molecule has 1 N–H and O–H groups in total. The van der Waals surface area contributed by atoms with E-state index < -0.39 is 0 Å². The van der Waals surface area contributed by atoms with Gasteiger partial charge in [-0.05, 0) is 37.7 Å². The fourth-order valence-electron chi connectivity index (χ4n) is 1.38. The van der Waals surface area contributed by atoms with Crippen LogP contribution in [0.3, 0.4) is 0 Å². The summed E-state index contributed by atoms with van der Waals surface area (Å²) in [6, 6.07) is 4.42. The van der Waals surface area contributed by atoms with Crippen molar-refractivity contribution >= 4 is 5.91 Å². The van der Waals surface area contributed by atoms with Gasteiger partial charge >= 0.3 is 0 Å². The maximum Gasteiger partial charge on any atom is 0.253 e. The van der Waals surface area contributed by atoms with E-state index in [0.717, 1.165) is 6.54 Å². The van der Waals surface area contributed by atoms with Crippen molar-refractivity contribution in [1.82, 2.24) is 10.2 Å². The summed E-state index contributed by atoms with van der Waals surface area (Å²) < 4.78 is 13.0. The van der Waals surface area contributed by atoms with Crippen LogP contribution in [0, 0.1) is 12.7 Å². The van der Waals surface area contributed by atoms with Gasteiger partial charge in [0, 0.05) is 25.7 Å². The number of carbonyl (C=O) groups is 1. The Labute approximate surface area is 95.3 Å². The number of nitrogens with one attached hydrogen (secondary N) is 1. The first kappa shape index (κ1) is 12.6. The Kier molecular flexibility index (Phi) is 4.43. The van der Waals surface area contributed by atoms with Crippen molar-refractivity contribution < 1.29 is 9.18 Å². The molecule has 4 heteroatoms. The summed E-state index contributed by atoms with van der Waals surface area (Å²) in [6.07, 6.45) is 0. The number of hydrogen-bond acceptors (Lipinski definition) is 2. The maximum atomic E-state index is 13.0. The molecular weight excluding hydrogens is 207 g/mol. The summed E-state index contributed by atoms with van der Waals surface area (Å²) >= 11 is 0. The Morgan fingerprint density at radius 2 is 2.19 bits per heavy atom. The second-order valence-corrected chi connectivity index (χ2v) is 3.79. The van der Waals surface area contributed by atoms with Crippen molar-refractivity contribution in [1.29, 1.82) is 0 Å². The molecule has 0 aliphatic carbocycles. The minimum absolute atomic E-state index is 0.0849. The van der Waals surface area contributed by atoms with Crippen LogP contribution >= 0.6 is 0 Å². The maximum absolute atomic E-state index is 13.0. The number of nitrogens with zero attached hydrogens (tertiary/aromatic N) is 1. The van der Waals surface area contributed by atoms with Crippen LogP contribution in [0.5, 0.6) is 0 Å². The molecule has 1 aromatic carbocycles. The highest BCUT2D eigenvalue weighted by atomic mass is 19.1. The monoisotopic (exact) mass is 224 g/mol. The van der Waals surface area contributed by atoms with Crippen LogP contribution in [0.25, 0.3) is 0 Å². The molecule has 0 radical (unpaired) electrons. The van der Waals surface area contributed by atoms with Gasteiger partial charge in [-0.25, -0.2) is 4.39 Å². The van der Waals surface area contributed by atoms with E-state index in [-0.39, 0.29) is 11.7 Å². The summed E-state index contributed by atoms with van der Waals surface area (Å²) in [4.78, 5) is 13.5. The zero-order valence-electron chi connectivity index (χ0n) is 9.88. The van der Waals surface area contributed by atoms with E-state index in [4.69, 9.17) is 0 Å². The lowest BCUT2D eigenvalue weighted by molar-refractivity contribution is 0.0796. The first-order chi connectivity index (χ1) is 7.56. The number of likely N-dealkylation sites (N-methyl/N-ethyl adjacent to an activating group) is 2. The predicted octanol–water partition coefficient (Wildman–Crippen LogP) is 1.43. The molecule has 0 bridgehead atoms. The van der Waals surface area contributed by atoms with Crippen LogP contribution in [0.15, 0.2) is 18.2 Å². The van der Waals surface area contributed by atoms with E-state index in [2.05, 4.69) is 5.32 Å². The lowest BCUT2D eigenvalue weighted by Gasteiger charge is -2.17. The third-order valence-corrected chi connectivity index (χ3v) is 2.45. The Hall–Kier alpha value is -1.42. The third-order valence-electron chi connectivity index (χ3n) is 2.45. The van der Waals surface area contributed by atoms with Gasteiger partial charge in [-0.2, -0.15) is 0 Å². The third kappa shape index (κ3) is 3.03. The molecule has 88 valence electrons. The van der Waals surface area contributed by atoms with Crippen molar-refractivity contribution in [2.24, 2.45) is 0 Å². The predicted molar refractivity (Wildman–Crippen MR) is 62.0 cm³/mol. The van der Waals surface area contributed by atoms with Crippen LogP contribution < -0.4 is 5.32 Å². The molecule has 1 aromatic rings.